The molecule has 5 nitrogen and oxygen atoms in total. The number of nitrogens with zero attached hydrogens (tertiary/aromatic N) is 1. The molecule has 0 saturated carbocycles. The number of carbonyl (C=O) groups is 1. The summed E-state index contributed by atoms with van der Waals surface area (Å²) in [6.45, 7) is 1.50. The van der Waals surface area contributed by atoms with E-state index >= 15 is 0 Å². The Hall–Kier alpha value is -2.61. The van der Waals surface area contributed by atoms with Crippen molar-refractivity contribution in [2.45, 2.75) is 25.6 Å². The molecule has 0 aliphatic rings. The molecule has 1 amide bonds. The molecule has 2 aromatic rings. The largest absolute Gasteiger partial charge is 0.416 e. The topological polar surface area (TPSA) is 74.2 Å². The molecule has 0 aliphatic carbocycles. The molecule has 1 heterocycles. The van der Waals surface area contributed by atoms with Crippen molar-refractivity contribution in [1.29, 1.82) is 0 Å². The average Bonchev–Trinajstić information content (AvgIpc) is 2.48. The summed E-state index contributed by atoms with van der Waals surface area (Å²) in [5.74, 6) is -0.0202. The zero-order valence-corrected chi connectivity index (χ0v) is 12.8. The first-order valence-electron chi connectivity index (χ1n) is 7.12. The number of anilines is 3. The summed E-state index contributed by atoms with van der Waals surface area (Å²) in [5.41, 5.74) is -0.0760. The van der Waals surface area contributed by atoms with Crippen molar-refractivity contribution in [2.24, 2.45) is 0 Å². The van der Waals surface area contributed by atoms with Gasteiger partial charge in [0.25, 0.3) is 0 Å². The minimum atomic E-state index is -4.41. The molecular weight excluding hydrogens is 323 g/mol. The zero-order chi connectivity index (χ0) is 17.7. The van der Waals surface area contributed by atoms with E-state index in [1.54, 1.807) is 6.07 Å². The lowest BCUT2D eigenvalue weighted by molar-refractivity contribution is -0.137. The highest BCUT2D eigenvalue weighted by molar-refractivity contribution is 5.90. The van der Waals surface area contributed by atoms with Gasteiger partial charge in [0, 0.05) is 5.69 Å². The molecule has 0 bridgehead atoms. The van der Waals surface area contributed by atoms with Crippen molar-refractivity contribution >= 4 is 23.1 Å². The number of halogens is 3. The Bertz CT molecular complexity index is 700. The summed E-state index contributed by atoms with van der Waals surface area (Å²) in [6.07, 6.45) is -3.83. The van der Waals surface area contributed by atoms with Crippen LogP contribution >= 0.6 is 0 Å². The van der Waals surface area contributed by atoms with E-state index in [1.165, 1.54) is 31.3 Å². The molecule has 8 heteroatoms. The van der Waals surface area contributed by atoms with Gasteiger partial charge in [-0.25, -0.2) is 4.98 Å². The van der Waals surface area contributed by atoms with E-state index in [4.69, 9.17) is 5.11 Å². The van der Waals surface area contributed by atoms with Crippen molar-refractivity contribution in [1.82, 2.24) is 4.98 Å². The highest BCUT2D eigenvalue weighted by Gasteiger charge is 2.30. The number of nitrogens with one attached hydrogen (secondary N) is 2. The van der Waals surface area contributed by atoms with Crippen LogP contribution < -0.4 is 10.6 Å². The second kappa shape index (κ2) is 7.31. The first kappa shape index (κ1) is 17.7. The quantitative estimate of drug-likeness (QED) is 0.779. The van der Waals surface area contributed by atoms with Crippen LogP contribution in [0.5, 0.6) is 0 Å². The first-order chi connectivity index (χ1) is 11.2. The second-order valence-electron chi connectivity index (χ2n) is 5.24. The van der Waals surface area contributed by atoms with Gasteiger partial charge in [-0.1, -0.05) is 6.07 Å². The lowest BCUT2D eigenvalue weighted by Gasteiger charge is -2.11. The number of benzene rings is 1. The maximum atomic E-state index is 12.7. The Labute approximate surface area is 136 Å². The number of amides is 1. The number of pyridine rings is 1. The molecule has 0 saturated heterocycles. The van der Waals surface area contributed by atoms with Crippen molar-refractivity contribution in [2.75, 3.05) is 10.6 Å². The van der Waals surface area contributed by atoms with Gasteiger partial charge in [-0.05, 0) is 37.3 Å². The SMILES string of the molecule is CC(O)CC(=O)Nc1ccc(Nc2cccc(C(F)(F)F)c2)nc1. The highest BCUT2D eigenvalue weighted by atomic mass is 19.4. The molecule has 1 aromatic carbocycles. The number of hydrogen-bond donors (Lipinski definition) is 3. The average molecular weight is 339 g/mol. The molecule has 128 valence electrons. The van der Waals surface area contributed by atoms with Gasteiger partial charge < -0.3 is 15.7 Å². The molecular formula is C16H16F3N3O2. The Morgan fingerprint density at radius 1 is 1.25 bits per heavy atom. The fourth-order valence-electron chi connectivity index (χ4n) is 1.94. The Morgan fingerprint density at radius 3 is 2.58 bits per heavy atom. The van der Waals surface area contributed by atoms with Gasteiger partial charge >= 0.3 is 6.18 Å². The minimum Gasteiger partial charge on any atom is -0.393 e. The minimum absolute atomic E-state index is 0.0375. The number of rotatable bonds is 5. The standard InChI is InChI=1S/C16H16F3N3O2/c1-10(23)7-15(24)22-13-5-6-14(20-9-13)21-12-4-2-3-11(8-12)16(17,18)19/h2-6,8-10,23H,7H2,1H3,(H,20,21)(H,22,24). The summed E-state index contributed by atoms with van der Waals surface area (Å²) < 4.78 is 38.0. The molecule has 0 fully saturated rings. The number of hydrogen-bond acceptors (Lipinski definition) is 4. The Balaban J connectivity index is 2.03. The summed E-state index contributed by atoms with van der Waals surface area (Å²) >= 11 is 0. The normalized spacial score (nSPS) is 12.5. The van der Waals surface area contributed by atoms with Crippen LogP contribution in [-0.4, -0.2) is 22.1 Å². The van der Waals surface area contributed by atoms with Gasteiger partial charge in [0.15, 0.2) is 0 Å². The van der Waals surface area contributed by atoms with Gasteiger partial charge in [-0.3, -0.25) is 4.79 Å². The van der Waals surface area contributed by atoms with Crippen LogP contribution in [0.1, 0.15) is 18.9 Å². The molecule has 1 unspecified atom stereocenters. The molecule has 0 radical (unpaired) electrons. The summed E-state index contributed by atoms with van der Waals surface area (Å²) in [4.78, 5) is 15.5. The van der Waals surface area contributed by atoms with Crippen LogP contribution in [0.15, 0.2) is 42.6 Å². The third-order valence-electron chi connectivity index (χ3n) is 2.99. The van der Waals surface area contributed by atoms with Gasteiger partial charge in [-0.15, -0.1) is 0 Å². The highest BCUT2D eigenvalue weighted by Crippen LogP contribution is 2.31. The van der Waals surface area contributed by atoms with Crippen molar-refractivity contribution in [3.05, 3.63) is 48.2 Å². The van der Waals surface area contributed by atoms with E-state index in [2.05, 4.69) is 15.6 Å². The predicted octanol–water partition coefficient (Wildman–Crippen LogP) is 3.55. The lowest BCUT2D eigenvalue weighted by atomic mass is 10.2. The number of alkyl halides is 3. The molecule has 1 aromatic heterocycles. The third kappa shape index (κ3) is 5.24. The van der Waals surface area contributed by atoms with Gasteiger partial charge in [0.1, 0.15) is 5.82 Å². The molecule has 1 atom stereocenters. The van der Waals surface area contributed by atoms with Crippen LogP contribution in [-0.2, 0) is 11.0 Å². The van der Waals surface area contributed by atoms with Crippen molar-refractivity contribution < 1.29 is 23.1 Å². The number of aliphatic hydroxyl groups is 1. The predicted molar refractivity (Wildman–Crippen MR) is 83.9 cm³/mol. The third-order valence-corrected chi connectivity index (χ3v) is 2.99. The number of carbonyl (C=O) groups excluding carboxylic acids is 1. The molecule has 0 spiro atoms. The van der Waals surface area contributed by atoms with E-state index < -0.39 is 17.8 Å². The summed E-state index contributed by atoms with van der Waals surface area (Å²) in [6, 6.07) is 7.85. The summed E-state index contributed by atoms with van der Waals surface area (Å²) in [5, 5.41) is 14.4. The van der Waals surface area contributed by atoms with E-state index in [9.17, 15) is 18.0 Å². The fourth-order valence-corrected chi connectivity index (χ4v) is 1.94. The second-order valence-corrected chi connectivity index (χ2v) is 5.24. The fraction of sp³-hybridized carbons (Fsp3) is 0.250. The van der Waals surface area contributed by atoms with Crippen LogP contribution in [0.3, 0.4) is 0 Å². The number of aliphatic hydroxyl groups excluding tert-OH is 1. The van der Waals surface area contributed by atoms with E-state index in [0.29, 0.717) is 11.5 Å². The molecule has 3 N–H and O–H groups in total. The van der Waals surface area contributed by atoms with Crippen molar-refractivity contribution in [3.8, 4) is 0 Å². The van der Waals surface area contributed by atoms with Gasteiger partial charge in [-0.2, -0.15) is 13.2 Å². The van der Waals surface area contributed by atoms with Crippen LogP contribution in [0.25, 0.3) is 0 Å². The van der Waals surface area contributed by atoms with Crippen LogP contribution in [0.2, 0.25) is 0 Å². The van der Waals surface area contributed by atoms with Gasteiger partial charge in [0.05, 0.1) is 30.0 Å². The molecule has 0 aliphatic heterocycles. The Kier molecular flexibility index (Phi) is 5.40. The first-order valence-corrected chi connectivity index (χ1v) is 7.12. The van der Waals surface area contributed by atoms with Crippen LogP contribution in [0, 0.1) is 0 Å². The van der Waals surface area contributed by atoms with Crippen LogP contribution in [0.4, 0.5) is 30.4 Å². The van der Waals surface area contributed by atoms with E-state index in [0.717, 1.165) is 12.1 Å². The van der Waals surface area contributed by atoms with Crippen molar-refractivity contribution in [3.63, 3.8) is 0 Å². The lowest BCUT2D eigenvalue weighted by Crippen LogP contribution is -2.17. The Morgan fingerprint density at radius 2 is 2.00 bits per heavy atom. The van der Waals surface area contributed by atoms with E-state index in [1.807, 2.05) is 0 Å². The maximum Gasteiger partial charge on any atom is 0.416 e. The molecule has 24 heavy (non-hydrogen) atoms. The van der Waals surface area contributed by atoms with E-state index in [-0.39, 0.29) is 18.0 Å². The summed E-state index contributed by atoms with van der Waals surface area (Å²) in [7, 11) is 0. The molecule has 2 rings (SSSR count). The zero-order valence-electron chi connectivity index (χ0n) is 12.8. The number of aromatic nitrogens is 1. The smallest absolute Gasteiger partial charge is 0.393 e. The van der Waals surface area contributed by atoms with Gasteiger partial charge in [0.2, 0.25) is 5.91 Å². The maximum absolute atomic E-state index is 12.7. The monoisotopic (exact) mass is 339 g/mol.